The smallest absolute Gasteiger partial charge is 0.306 e. The first-order valence-corrected chi connectivity index (χ1v) is 5.43. The number of nitrogens with zero attached hydrogens (tertiary/aromatic N) is 2. The van der Waals surface area contributed by atoms with Crippen molar-refractivity contribution in [2.24, 2.45) is 0 Å². The minimum atomic E-state index is -0.138. The normalized spacial score (nSPS) is 10.3. The van der Waals surface area contributed by atoms with E-state index in [1.54, 1.807) is 0 Å². The van der Waals surface area contributed by atoms with Gasteiger partial charge in [-0.3, -0.25) is 9.48 Å². The van der Waals surface area contributed by atoms with Crippen molar-refractivity contribution in [2.75, 3.05) is 6.61 Å². The molecule has 84 valence electrons. The van der Waals surface area contributed by atoms with Crippen molar-refractivity contribution in [3.63, 3.8) is 0 Å². The van der Waals surface area contributed by atoms with Crippen LogP contribution in [0.25, 0.3) is 0 Å². The molecule has 0 saturated heterocycles. The van der Waals surface area contributed by atoms with Crippen LogP contribution in [0, 0.1) is 0 Å². The number of hydrogen-bond acceptors (Lipinski definition) is 3. The molecular formula is C11H18N2O2. The molecule has 1 aromatic rings. The van der Waals surface area contributed by atoms with Crippen molar-refractivity contribution < 1.29 is 9.53 Å². The third-order valence-corrected chi connectivity index (χ3v) is 2.06. The summed E-state index contributed by atoms with van der Waals surface area (Å²) in [7, 11) is 0. The predicted octanol–water partition coefficient (Wildman–Crippen LogP) is 1.79. The Morgan fingerprint density at radius 1 is 1.53 bits per heavy atom. The summed E-state index contributed by atoms with van der Waals surface area (Å²) in [6.45, 7) is 5.31. The molecule has 0 amide bonds. The highest BCUT2D eigenvalue weighted by atomic mass is 16.5. The van der Waals surface area contributed by atoms with Gasteiger partial charge in [-0.2, -0.15) is 5.10 Å². The first-order valence-electron chi connectivity index (χ1n) is 5.43. The van der Waals surface area contributed by atoms with Gasteiger partial charge in [0.05, 0.1) is 12.8 Å². The fourth-order valence-corrected chi connectivity index (χ4v) is 1.37. The van der Waals surface area contributed by atoms with Gasteiger partial charge < -0.3 is 4.74 Å². The fraction of sp³-hybridized carbons (Fsp3) is 0.636. The van der Waals surface area contributed by atoms with Gasteiger partial charge in [0.1, 0.15) is 0 Å². The second-order valence-electron chi connectivity index (χ2n) is 3.42. The first kappa shape index (κ1) is 11.8. The van der Waals surface area contributed by atoms with Crippen LogP contribution in [0.1, 0.15) is 32.3 Å². The van der Waals surface area contributed by atoms with Gasteiger partial charge in [-0.05, 0) is 25.3 Å². The topological polar surface area (TPSA) is 44.1 Å². The van der Waals surface area contributed by atoms with Crippen molar-refractivity contribution in [1.82, 2.24) is 9.78 Å². The number of rotatable bonds is 6. The lowest BCUT2D eigenvalue weighted by molar-refractivity contribution is -0.143. The van der Waals surface area contributed by atoms with Gasteiger partial charge in [-0.15, -0.1) is 0 Å². The molecule has 0 aliphatic heterocycles. The van der Waals surface area contributed by atoms with Gasteiger partial charge in [0.15, 0.2) is 0 Å². The molecule has 0 aliphatic carbocycles. The highest BCUT2D eigenvalue weighted by Gasteiger charge is 2.04. The summed E-state index contributed by atoms with van der Waals surface area (Å²) in [6, 6.07) is 0. The zero-order valence-corrected chi connectivity index (χ0v) is 9.40. The molecule has 4 heteroatoms. The number of aryl methyl sites for hydroxylation is 2. The van der Waals surface area contributed by atoms with Crippen molar-refractivity contribution in [3.8, 4) is 0 Å². The van der Waals surface area contributed by atoms with E-state index in [1.807, 2.05) is 24.0 Å². The summed E-state index contributed by atoms with van der Waals surface area (Å²) in [5, 5.41) is 4.19. The number of carbonyl (C=O) groups excluding carboxylic acids is 1. The molecule has 0 radical (unpaired) electrons. The average Bonchev–Trinajstić information content (AvgIpc) is 2.64. The lowest BCUT2D eigenvalue weighted by Crippen LogP contribution is -2.04. The van der Waals surface area contributed by atoms with Gasteiger partial charge in [-0.25, -0.2) is 0 Å². The van der Waals surface area contributed by atoms with Crippen molar-refractivity contribution in [3.05, 3.63) is 18.0 Å². The molecule has 0 fully saturated rings. The molecular weight excluding hydrogens is 192 g/mol. The van der Waals surface area contributed by atoms with Gasteiger partial charge in [0, 0.05) is 19.2 Å². The van der Waals surface area contributed by atoms with Gasteiger partial charge in [-0.1, -0.05) is 6.92 Å². The highest BCUT2D eigenvalue weighted by molar-refractivity contribution is 5.69. The van der Waals surface area contributed by atoms with Crippen LogP contribution in [-0.4, -0.2) is 22.4 Å². The van der Waals surface area contributed by atoms with Crippen molar-refractivity contribution in [2.45, 2.75) is 39.7 Å². The van der Waals surface area contributed by atoms with Crippen LogP contribution in [0.2, 0.25) is 0 Å². The second kappa shape index (κ2) is 6.22. The molecule has 0 aromatic carbocycles. The van der Waals surface area contributed by atoms with Gasteiger partial charge in [0.25, 0.3) is 0 Å². The monoisotopic (exact) mass is 210 g/mol. The Morgan fingerprint density at radius 2 is 2.33 bits per heavy atom. The first-order chi connectivity index (χ1) is 7.26. The Labute approximate surface area is 90.2 Å². The molecule has 4 nitrogen and oxygen atoms in total. The number of esters is 1. The Bertz CT molecular complexity index is 307. The molecule has 0 aliphatic rings. The van der Waals surface area contributed by atoms with E-state index in [0.29, 0.717) is 19.4 Å². The summed E-state index contributed by atoms with van der Waals surface area (Å²) in [5.41, 5.74) is 1.09. The SMILES string of the molecule is CCCn1cc(CCC(=O)OCC)cn1. The van der Waals surface area contributed by atoms with E-state index in [9.17, 15) is 4.79 Å². The van der Waals surface area contributed by atoms with Crippen LogP contribution in [0.3, 0.4) is 0 Å². The lowest BCUT2D eigenvalue weighted by Gasteiger charge is -1.99. The molecule has 0 atom stereocenters. The van der Waals surface area contributed by atoms with E-state index in [2.05, 4.69) is 12.0 Å². The van der Waals surface area contributed by atoms with E-state index in [4.69, 9.17) is 4.74 Å². The molecule has 0 saturated carbocycles. The third kappa shape index (κ3) is 4.14. The third-order valence-electron chi connectivity index (χ3n) is 2.06. The van der Waals surface area contributed by atoms with Gasteiger partial charge in [0.2, 0.25) is 0 Å². The van der Waals surface area contributed by atoms with Crippen LogP contribution < -0.4 is 0 Å². The maximum absolute atomic E-state index is 11.1. The maximum Gasteiger partial charge on any atom is 0.306 e. The van der Waals surface area contributed by atoms with Crippen molar-refractivity contribution in [1.29, 1.82) is 0 Å². The van der Waals surface area contributed by atoms with Crippen LogP contribution in [0.15, 0.2) is 12.4 Å². The zero-order chi connectivity index (χ0) is 11.1. The quantitative estimate of drug-likeness (QED) is 0.672. The van der Waals surface area contributed by atoms with Gasteiger partial charge >= 0.3 is 5.97 Å². The van der Waals surface area contributed by atoms with Crippen LogP contribution in [0.4, 0.5) is 0 Å². The molecule has 15 heavy (non-hydrogen) atoms. The highest BCUT2D eigenvalue weighted by Crippen LogP contribution is 2.03. The zero-order valence-electron chi connectivity index (χ0n) is 9.40. The molecule has 1 rings (SSSR count). The maximum atomic E-state index is 11.1. The van der Waals surface area contributed by atoms with E-state index < -0.39 is 0 Å². The minimum Gasteiger partial charge on any atom is -0.466 e. The van der Waals surface area contributed by atoms with Crippen LogP contribution in [-0.2, 0) is 22.5 Å². The average molecular weight is 210 g/mol. The summed E-state index contributed by atoms with van der Waals surface area (Å²) in [6.07, 6.45) is 6.02. The van der Waals surface area contributed by atoms with Crippen molar-refractivity contribution >= 4 is 5.97 Å². The lowest BCUT2D eigenvalue weighted by atomic mass is 10.2. The number of hydrogen-bond donors (Lipinski definition) is 0. The predicted molar refractivity (Wildman–Crippen MR) is 57.5 cm³/mol. The second-order valence-corrected chi connectivity index (χ2v) is 3.42. The van der Waals surface area contributed by atoms with Crippen LogP contribution >= 0.6 is 0 Å². The Morgan fingerprint density at radius 3 is 3.00 bits per heavy atom. The number of carbonyl (C=O) groups is 1. The van der Waals surface area contributed by atoms with E-state index in [-0.39, 0.29) is 5.97 Å². The molecule has 1 heterocycles. The summed E-state index contributed by atoms with van der Waals surface area (Å²) in [5.74, 6) is -0.138. The molecule has 0 bridgehead atoms. The fourth-order valence-electron chi connectivity index (χ4n) is 1.37. The summed E-state index contributed by atoms with van der Waals surface area (Å²) >= 11 is 0. The Balaban J connectivity index is 2.34. The standard InChI is InChI=1S/C11H18N2O2/c1-3-7-13-9-10(8-12-13)5-6-11(14)15-4-2/h8-9H,3-7H2,1-2H3. The number of aromatic nitrogens is 2. The van der Waals surface area contributed by atoms with E-state index >= 15 is 0 Å². The minimum absolute atomic E-state index is 0.138. The van der Waals surface area contributed by atoms with Crippen LogP contribution in [0.5, 0.6) is 0 Å². The van der Waals surface area contributed by atoms with E-state index in [1.165, 1.54) is 0 Å². The van der Waals surface area contributed by atoms with E-state index in [0.717, 1.165) is 18.5 Å². The number of ether oxygens (including phenoxy) is 1. The Hall–Kier alpha value is -1.32. The largest absolute Gasteiger partial charge is 0.466 e. The Kier molecular flexibility index (Phi) is 4.87. The summed E-state index contributed by atoms with van der Waals surface area (Å²) < 4.78 is 6.76. The molecule has 1 aromatic heterocycles. The summed E-state index contributed by atoms with van der Waals surface area (Å²) in [4.78, 5) is 11.1. The molecule has 0 spiro atoms. The molecule has 0 unspecified atom stereocenters. The molecule has 0 N–H and O–H groups in total.